The summed E-state index contributed by atoms with van der Waals surface area (Å²) in [7, 11) is 0. The lowest BCUT2D eigenvalue weighted by Gasteiger charge is -2.28. The monoisotopic (exact) mass is 270 g/mol. The van der Waals surface area contributed by atoms with Gasteiger partial charge in [-0.2, -0.15) is 0 Å². The molecule has 0 amide bonds. The molecule has 0 aromatic heterocycles. The van der Waals surface area contributed by atoms with Gasteiger partial charge in [0, 0.05) is 0 Å². The Balaban J connectivity index is 2.22. The number of carboxylic acids is 1. The number of nitrogens with one attached hydrogen (secondary N) is 1. The first kappa shape index (κ1) is 16.4. The number of likely N-dealkylation sites (tertiary alicyclic amines) is 1. The van der Waals surface area contributed by atoms with Crippen LogP contribution in [0.15, 0.2) is 0 Å². The Morgan fingerprint density at radius 2 is 1.95 bits per heavy atom. The molecule has 0 radical (unpaired) electrons. The molecule has 1 fully saturated rings. The summed E-state index contributed by atoms with van der Waals surface area (Å²) in [5.41, 5.74) is -0.752. The van der Waals surface area contributed by atoms with Crippen LogP contribution in [0, 0.1) is 0 Å². The standard InChI is InChI=1S/C15H30N2O2/c1-3-10-16-15(2,14(18)19)9-5-8-13-17-11-6-4-7-12-17/h16H,3-13H2,1-2H3,(H,18,19). The molecule has 2 N–H and O–H groups in total. The van der Waals surface area contributed by atoms with E-state index < -0.39 is 11.5 Å². The molecular weight excluding hydrogens is 240 g/mol. The van der Waals surface area contributed by atoms with E-state index in [4.69, 9.17) is 0 Å². The largest absolute Gasteiger partial charge is 0.480 e. The van der Waals surface area contributed by atoms with Crippen molar-refractivity contribution >= 4 is 5.97 Å². The summed E-state index contributed by atoms with van der Waals surface area (Å²) >= 11 is 0. The van der Waals surface area contributed by atoms with Gasteiger partial charge >= 0.3 is 5.97 Å². The van der Waals surface area contributed by atoms with E-state index in [2.05, 4.69) is 17.1 Å². The maximum absolute atomic E-state index is 11.4. The highest BCUT2D eigenvalue weighted by molar-refractivity contribution is 5.78. The van der Waals surface area contributed by atoms with Crippen molar-refractivity contribution in [1.82, 2.24) is 10.2 Å². The predicted molar refractivity (Wildman–Crippen MR) is 78.5 cm³/mol. The molecule has 4 nitrogen and oxygen atoms in total. The van der Waals surface area contributed by atoms with Gasteiger partial charge in [0.05, 0.1) is 0 Å². The van der Waals surface area contributed by atoms with Gasteiger partial charge < -0.3 is 15.3 Å². The van der Waals surface area contributed by atoms with Gasteiger partial charge in [0.1, 0.15) is 5.54 Å². The molecule has 1 atom stereocenters. The molecule has 0 saturated carbocycles. The van der Waals surface area contributed by atoms with Crippen LogP contribution >= 0.6 is 0 Å². The fraction of sp³-hybridized carbons (Fsp3) is 0.933. The molecule has 1 rings (SSSR count). The predicted octanol–water partition coefficient (Wildman–Crippen LogP) is 2.49. The van der Waals surface area contributed by atoms with Crippen molar-refractivity contribution in [2.45, 2.75) is 64.3 Å². The smallest absolute Gasteiger partial charge is 0.323 e. The summed E-state index contributed by atoms with van der Waals surface area (Å²) < 4.78 is 0. The summed E-state index contributed by atoms with van der Waals surface area (Å²) in [6.07, 6.45) is 7.80. The van der Waals surface area contributed by atoms with E-state index in [1.165, 1.54) is 32.4 Å². The number of aliphatic carboxylic acids is 1. The third-order valence-electron chi connectivity index (χ3n) is 4.09. The lowest BCUT2D eigenvalue weighted by Crippen LogP contribution is -2.49. The molecule has 4 heteroatoms. The van der Waals surface area contributed by atoms with E-state index >= 15 is 0 Å². The van der Waals surface area contributed by atoms with Crippen molar-refractivity contribution in [2.75, 3.05) is 26.2 Å². The second-order valence-corrected chi connectivity index (χ2v) is 5.92. The van der Waals surface area contributed by atoms with E-state index in [0.29, 0.717) is 0 Å². The Morgan fingerprint density at radius 3 is 2.53 bits per heavy atom. The Morgan fingerprint density at radius 1 is 1.26 bits per heavy atom. The average molecular weight is 270 g/mol. The molecule has 0 aromatic rings. The minimum absolute atomic E-state index is 0.718. The first-order valence-corrected chi connectivity index (χ1v) is 7.79. The van der Waals surface area contributed by atoms with Crippen LogP contribution in [0.2, 0.25) is 0 Å². The Bertz CT molecular complexity index is 265. The molecule has 1 aliphatic rings. The number of carboxylic acid groups (broad SMARTS) is 1. The summed E-state index contributed by atoms with van der Waals surface area (Å²) in [6.45, 7) is 8.23. The van der Waals surface area contributed by atoms with Gasteiger partial charge in [-0.15, -0.1) is 0 Å². The number of hydrogen-bond donors (Lipinski definition) is 2. The SMILES string of the molecule is CCCNC(C)(CCCCN1CCCCC1)C(=O)O. The van der Waals surface area contributed by atoms with Crippen molar-refractivity contribution in [3.63, 3.8) is 0 Å². The molecule has 1 unspecified atom stereocenters. The fourth-order valence-corrected chi connectivity index (χ4v) is 2.67. The van der Waals surface area contributed by atoms with E-state index in [9.17, 15) is 9.90 Å². The van der Waals surface area contributed by atoms with Crippen LogP contribution in [0.5, 0.6) is 0 Å². The average Bonchev–Trinajstić information content (AvgIpc) is 2.42. The van der Waals surface area contributed by atoms with Crippen molar-refractivity contribution in [2.24, 2.45) is 0 Å². The zero-order valence-electron chi connectivity index (χ0n) is 12.6. The molecule has 0 aromatic carbocycles. The Labute approximate surface area is 117 Å². The number of unbranched alkanes of at least 4 members (excludes halogenated alkanes) is 1. The highest BCUT2D eigenvalue weighted by atomic mass is 16.4. The molecule has 0 aliphatic carbocycles. The molecule has 0 bridgehead atoms. The molecule has 1 heterocycles. The normalized spacial score (nSPS) is 20.1. The topological polar surface area (TPSA) is 52.6 Å². The van der Waals surface area contributed by atoms with E-state index in [-0.39, 0.29) is 0 Å². The van der Waals surface area contributed by atoms with Crippen LogP contribution in [0.25, 0.3) is 0 Å². The third kappa shape index (κ3) is 5.91. The number of hydrogen-bond acceptors (Lipinski definition) is 3. The van der Waals surface area contributed by atoms with Crippen LogP contribution in [-0.2, 0) is 4.79 Å². The first-order chi connectivity index (χ1) is 9.08. The molecule has 19 heavy (non-hydrogen) atoms. The summed E-state index contributed by atoms with van der Waals surface area (Å²) in [6, 6.07) is 0. The van der Waals surface area contributed by atoms with Gasteiger partial charge in [0.25, 0.3) is 0 Å². The molecular formula is C15H30N2O2. The minimum Gasteiger partial charge on any atom is -0.480 e. The van der Waals surface area contributed by atoms with Crippen molar-refractivity contribution < 1.29 is 9.90 Å². The Hall–Kier alpha value is -0.610. The maximum Gasteiger partial charge on any atom is 0.323 e. The van der Waals surface area contributed by atoms with Gasteiger partial charge in [-0.05, 0) is 71.6 Å². The van der Waals surface area contributed by atoms with Crippen molar-refractivity contribution in [1.29, 1.82) is 0 Å². The van der Waals surface area contributed by atoms with Gasteiger partial charge in [-0.25, -0.2) is 0 Å². The van der Waals surface area contributed by atoms with Crippen LogP contribution in [0.3, 0.4) is 0 Å². The minimum atomic E-state index is -0.752. The second kappa shape index (κ2) is 8.54. The van der Waals surface area contributed by atoms with Gasteiger partial charge in [-0.3, -0.25) is 4.79 Å². The number of rotatable bonds is 9. The first-order valence-electron chi connectivity index (χ1n) is 7.79. The zero-order valence-corrected chi connectivity index (χ0v) is 12.6. The quantitative estimate of drug-likeness (QED) is 0.632. The van der Waals surface area contributed by atoms with Crippen molar-refractivity contribution in [3.05, 3.63) is 0 Å². The lowest BCUT2D eigenvalue weighted by atomic mass is 9.94. The molecule has 1 saturated heterocycles. The van der Waals surface area contributed by atoms with Crippen LogP contribution in [-0.4, -0.2) is 47.7 Å². The maximum atomic E-state index is 11.4. The summed E-state index contributed by atoms with van der Waals surface area (Å²) in [4.78, 5) is 13.9. The second-order valence-electron chi connectivity index (χ2n) is 5.92. The van der Waals surface area contributed by atoms with E-state index in [1.807, 2.05) is 6.92 Å². The van der Waals surface area contributed by atoms with Crippen LogP contribution in [0.4, 0.5) is 0 Å². The van der Waals surface area contributed by atoms with Gasteiger partial charge in [0.15, 0.2) is 0 Å². The van der Waals surface area contributed by atoms with Crippen LogP contribution in [0.1, 0.15) is 58.8 Å². The third-order valence-corrected chi connectivity index (χ3v) is 4.09. The highest BCUT2D eigenvalue weighted by Crippen LogP contribution is 2.16. The van der Waals surface area contributed by atoms with E-state index in [0.717, 1.165) is 38.8 Å². The van der Waals surface area contributed by atoms with Crippen molar-refractivity contribution in [3.8, 4) is 0 Å². The highest BCUT2D eigenvalue weighted by Gasteiger charge is 2.31. The summed E-state index contributed by atoms with van der Waals surface area (Å²) in [5.74, 6) is -0.723. The number of piperidine rings is 1. The number of carbonyl (C=O) groups is 1. The summed E-state index contributed by atoms with van der Waals surface area (Å²) in [5, 5.41) is 12.5. The van der Waals surface area contributed by atoms with E-state index in [1.54, 1.807) is 0 Å². The fourth-order valence-electron chi connectivity index (χ4n) is 2.67. The van der Waals surface area contributed by atoms with Gasteiger partial charge in [-0.1, -0.05) is 13.3 Å². The molecule has 0 spiro atoms. The molecule has 1 aliphatic heterocycles. The zero-order chi connectivity index (χ0) is 14.1. The van der Waals surface area contributed by atoms with Crippen LogP contribution < -0.4 is 5.32 Å². The Kier molecular flexibility index (Phi) is 7.39. The molecule has 112 valence electrons. The lowest BCUT2D eigenvalue weighted by molar-refractivity contribution is -0.144. The number of nitrogens with zero attached hydrogens (tertiary/aromatic N) is 1. The van der Waals surface area contributed by atoms with Gasteiger partial charge in [0.2, 0.25) is 0 Å².